The number of H-pyrrole nitrogens is 1. The van der Waals surface area contributed by atoms with Gasteiger partial charge in [0.1, 0.15) is 29.2 Å². The number of nitrogens with zero attached hydrogens (tertiary/aromatic N) is 2. The number of hydrogen-bond donors (Lipinski definition) is 1. The first-order valence-corrected chi connectivity index (χ1v) is 8.87. The predicted molar refractivity (Wildman–Crippen MR) is 91.3 cm³/mol. The molecule has 0 atom stereocenters. The first-order valence-electron chi connectivity index (χ1n) is 7.65. The zero-order chi connectivity index (χ0) is 16.9. The lowest BCUT2D eigenvalue weighted by atomic mass is 10.1. The summed E-state index contributed by atoms with van der Waals surface area (Å²) in [5.74, 6) is 0.631. The lowest BCUT2D eigenvalue weighted by Crippen LogP contribution is -2.26. The number of thioether (sulfide) groups is 1. The van der Waals surface area contributed by atoms with E-state index in [0.717, 1.165) is 12.8 Å². The van der Waals surface area contributed by atoms with Gasteiger partial charge in [-0.3, -0.25) is 4.79 Å². The van der Waals surface area contributed by atoms with Gasteiger partial charge in [-0.2, -0.15) is 5.26 Å². The van der Waals surface area contributed by atoms with Gasteiger partial charge in [-0.1, -0.05) is 23.9 Å². The van der Waals surface area contributed by atoms with Crippen molar-refractivity contribution in [2.45, 2.75) is 24.1 Å². The molecule has 0 spiro atoms. The maximum atomic E-state index is 12.1. The fourth-order valence-electron chi connectivity index (χ4n) is 2.59. The summed E-state index contributed by atoms with van der Waals surface area (Å²) in [5.41, 5.74) is 0.568. The topological polar surface area (TPSA) is 88.0 Å². The molecule has 3 rings (SSSR count). The average molecular weight is 343 g/mol. The van der Waals surface area contributed by atoms with Gasteiger partial charge in [-0.25, -0.2) is 4.98 Å². The monoisotopic (exact) mass is 343 g/mol. The van der Waals surface area contributed by atoms with Gasteiger partial charge in [0, 0.05) is 18.4 Å². The van der Waals surface area contributed by atoms with Gasteiger partial charge in [0.15, 0.2) is 5.16 Å². The minimum atomic E-state index is -0.437. The summed E-state index contributed by atoms with van der Waals surface area (Å²) in [6.45, 7) is 1.35. The van der Waals surface area contributed by atoms with Crippen LogP contribution in [0.5, 0.6) is 5.75 Å². The summed E-state index contributed by atoms with van der Waals surface area (Å²) in [6, 6.07) is 9.33. The SMILES string of the molecule is CSc1nc(-c2ccccc2OC2CCOCC2)c(C#N)c(=O)[nH]1. The van der Waals surface area contributed by atoms with Crippen molar-refractivity contribution in [1.82, 2.24) is 9.97 Å². The number of benzene rings is 1. The maximum absolute atomic E-state index is 12.1. The van der Waals surface area contributed by atoms with Crippen LogP contribution < -0.4 is 10.3 Å². The fraction of sp³-hybridized carbons (Fsp3) is 0.353. The Morgan fingerprint density at radius 2 is 2.12 bits per heavy atom. The number of hydrogen-bond acceptors (Lipinski definition) is 6. The molecule has 2 aromatic rings. The Hall–Kier alpha value is -2.30. The quantitative estimate of drug-likeness (QED) is 0.678. The summed E-state index contributed by atoms with van der Waals surface area (Å²) < 4.78 is 11.5. The highest BCUT2D eigenvalue weighted by Crippen LogP contribution is 2.32. The van der Waals surface area contributed by atoms with Crippen LogP contribution in [0, 0.1) is 11.3 Å². The van der Waals surface area contributed by atoms with E-state index in [1.807, 2.05) is 36.6 Å². The predicted octanol–water partition coefficient (Wildman–Crippen LogP) is 2.59. The van der Waals surface area contributed by atoms with Gasteiger partial charge in [0.05, 0.1) is 13.2 Å². The van der Waals surface area contributed by atoms with Crippen LogP contribution in [0.1, 0.15) is 18.4 Å². The molecule has 124 valence electrons. The van der Waals surface area contributed by atoms with Crippen LogP contribution in [0.25, 0.3) is 11.3 Å². The number of aromatic nitrogens is 2. The molecule has 1 aromatic heterocycles. The molecule has 6 nitrogen and oxygen atoms in total. The molecule has 1 fully saturated rings. The Kier molecular flexibility index (Phi) is 5.18. The fourth-order valence-corrected chi connectivity index (χ4v) is 2.96. The Morgan fingerprint density at radius 1 is 1.38 bits per heavy atom. The Morgan fingerprint density at radius 3 is 2.83 bits per heavy atom. The summed E-state index contributed by atoms with van der Waals surface area (Å²) in [7, 11) is 0. The average Bonchev–Trinajstić information content (AvgIpc) is 2.62. The molecule has 2 heterocycles. The molecule has 1 saturated heterocycles. The largest absolute Gasteiger partial charge is 0.490 e. The molecule has 0 amide bonds. The number of rotatable bonds is 4. The van der Waals surface area contributed by atoms with Crippen LogP contribution in [-0.2, 0) is 4.74 Å². The van der Waals surface area contributed by atoms with Crippen molar-refractivity contribution < 1.29 is 9.47 Å². The van der Waals surface area contributed by atoms with Crippen LogP contribution in [0.4, 0.5) is 0 Å². The summed E-state index contributed by atoms with van der Waals surface area (Å²) in [5, 5.41) is 9.83. The number of nitrogens with one attached hydrogen (secondary N) is 1. The van der Waals surface area contributed by atoms with E-state index < -0.39 is 5.56 Å². The highest BCUT2D eigenvalue weighted by atomic mass is 32.2. The minimum absolute atomic E-state index is 0.00386. The van der Waals surface area contributed by atoms with Gasteiger partial charge in [0.2, 0.25) is 0 Å². The molecule has 0 saturated carbocycles. The molecule has 1 aliphatic heterocycles. The number of ether oxygens (including phenoxy) is 2. The standard InChI is InChI=1S/C17H17N3O3S/c1-24-17-19-15(13(10-18)16(21)20-17)12-4-2-3-5-14(12)23-11-6-8-22-9-7-11/h2-5,11H,6-9H2,1H3,(H,19,20,21). The van der Waals surface area contributed by atoms with Crippen molar-refractivity contribution in [2.75, 3.05) is 19.5 Å². The highest BCUT2D eigenvalue weighted by Gasteiger charge is 2.20. The third kappa shape index (κ3) is 3.45. The molecular weight excluding hydrogens is 326 g/mol. The third-order valence-electron chi connectivity index (χ3n) is 3.81. The number of para-hydroxylation sites is 1. The Balaban J connectivity index is 2.05. The molecule has 1 aromatic carbocycles. The number of aromatic amines is 1. The maximum Gasteiger partial charge on any atom is 0.270 e. The first-order chi connectivity index (χ1) is 11.7. The van der Waals surface area contributed by atoms with Gasteiger partial charge >= 0.3 is 0 Å². The van der Waals surface area contributed by atoms with E-state index in [-0.39, 0.29) is 11.7 Å². The van der Waals surface area contributed by atoms with Gasteiger partial charge in [-0.15, -0.1) is 0 Å². The molecule has 0 bridgehead atoms. The molecule has 7 heteroatoms. The van der Waals surface area contributed by atoms with Gasteiger partial charge in [0.25, 0.3) is 5.56 Å². The van der Waals surface area contributed by atoms with Crippen molar-refractivity contribution in [3.8, 4) is 23.1 Å². The Bertz CT molecular complexity index is 823. The molecule has 0 unspecified atom stereocenters. The summed E-state index contributed by atoms with van der Waals surface area (Å²) >= 11 is 1.32. The van der Waals surface area contributed by atoms with E-state index in [4.69, 9.17) is 9.47 Å². The zero-order valence-corrected chi connectivity index (χ0v) is 14.1. The van der Waals surface area contributed by atoms with Crippen molar-refractivity contribution >= 4 is 11.8 Å². The first kappa shape index (κ1) is 16.6. The van der Waals surface area contributed by atoms with Gasteiger partial charge < -0.3 is 14.5 Å². The zero-order valence-electron chi connectivity index (χ0n) is 13.2. The smallest absolute Gasteiger partial charge is 0.270 e. The van der Waals surface area contributed by atoms with E-state index in [2.05, 4.69) is 9.97 Å². The van der Waals surface area contributed by atoms with E-state index in [1.165, 1.54) is 11.8 Å². The van der Waals surface area contributed by atoms with Crippen LogP contribution >= 0.6 is 11.8 Å². The van der Waals surface area contributed by atoms with Crippen LogP contribution in [0.15, 0.2) is 34.2 Å². The molecule has 1 aliphatic rings. The van der Waals surface area contributed by atoms with E-state index in [9.17, 15) is 10.1 Å². The summed E-state index contributed by atoms with van der Waals surface area (Å²) in [4.78, 5) is 19.2. The van der Waals surface area contributed by atoms with Crippen LogP contribution in [-0.4, -0.2) is 35.5 Å². The number of nitriles is 1. The second-order valence-electron chi connectivity index (χ2n) is 5.34. The van der Waals surface area contributed by atoms with Crippen molar-refractivity contribution in [3.63, 3.8) is 0 Å². The molecule has 0 aliphatic carbocycles. The lowest BCUT2D eigenvalue weighted by molar-refractivity contribution is 0.0258. The molecule has 0 radical (unpaired) electrons. The minimum Gasteiger partial charge on any atom is -0.490 e. The van der Waals surface area contributed by atoms with Gasteiger partial charge in [-0.05, 0) is 18.4 Å². The molecule has 24 heavy (non-hydrogen) atoms. The van der Waals surface area contributed by atoms with Crippen molar-refractivity contribution in [3.05, 3.63) is 40.2 Å². The van der Waals surface area contributed by atoms with Crippen molar-refractivity contribution in [2.24, 2.45) is 0 Å². The summed E-state index contributed by atoms with van der Waals surface area (Å²) in [6.07, 6.45) is 3.52. The van der Waals surface area contributed by atoms with E-state index >= 15 is 0 Å². The Labute approximate surface area is 143 Å². The van der Waals surface area contributed by atoms with E-state index in [1.54, 1.807) is 0 Å². The normalized spacial score (nSPS) is 15.0. The lowest BCUT2D eigenvalue weighted by Gasteiger charge is -2.24. The highest BCUT2D eigenvalue weighted by molar-refractivity contribution is 7.98. The second-order valence-corrected chi connectivity index (χ2v) is 6.13. The molecule has 1 N–H and O–H groups in total. The van der Waals surface area contributed by atoms with Crippen molar-refractivity contribution in [1.29, 1.82) is 5.26 Å². The van der Waals surface area contributed by atoms with Crippen LogP contribution in [0.3, 0.4) is 0 Å². The third-order valence-corrected chi connectivity index (χ3v) is 4.39. The second kappa shape index (κ2) is 7.51. The molecular formula is C17H17N3O3S. The van der Waals surface area contributed by atoms with Crippen LogP contribution in [0.2, 0.25) is 0 Å². The van der Waals surface area contributed by atoms with E-state index in [0.29, 0.717) is 35.4 Å².